The van der Waals surface area contributed by atoms with Crippen molar-refractivity contribution in [1.82, 2.24) is 4.90 Å². The van der Waals surface area contributed by atoms with Gasteiger partial charge in [-0.1, -0.05) is 70.5 Å². The van der Waals surface area contributed by atoms with Crippen molar-refractivity contribution in [3.8, 4) is 11.5 Å². The van der Waals surface area contributed by atoms with Crippen LogP contribution >= 0.6 is 0 Å². The minimum absolute atomic E-state index is 0.0195. The van der Waals surface area contributed by atoms with Crippen molar-refractivity contribution in [3.05, 3.63) is 59.7 Å². The summed E-state index contributed by atoms with van der Waals surface area (Å²) in [7, 11) is 1.65. The summed E-state index contributed by atoms with van der Waals surface area (Å²) in [6.07, 6.45) is 2.62. The number of benzene rings is 2. The molecule has 0 aliphatic rings. The minimum atomic E-state index is -0.0195. The van der Waals surface area contributed by atoms with Crippen LogP contribution in [0.5, 0.6) is 11.5 Å². The summed E-state index contributed by atoms with van der Waals surface area (Å²) in [6.45, 7) is 10.3. The predicted octanol–water partition coefficient (Wildman–Crippen LogP) is 5.84. The number of nitrogens with zero attached hydrogens (tertiary/aromatic N) is 1. The van der Waals surface area contributed by atoms with Crippen LogP contribution < -0.4 is 9.47 Å². The van der Waals surface area contributed by atoms with Gasteiger partial charge in [0.15, 0.2) is 11.5 Å². The molecule has 0 bridgehead atoms. The maximum atomic E-state index is 12.8. The summed E-state index contributed by atoms with van der Waals surface area (Å²) in [5, 5.41) is 0. The Morgan fingerprint density at radius 1 is 1.00 bits per heavy atom. The van der Waals surface area contributed by atoms with Crippen molar-refractivity contribution in [1.29, 1.82) is 0 Å². The number of unbranched alkanes of at least 4 members (excludes halogenated alkanes) is 1. The fourth-order valence-electron chi connectivity index (χ4n) is 3.09. The first-order chi connectivity index (χ1) is 13.8. The first-order valence-electron chi connectivity index (χ1n) is 10.4. The quantitative estimate of drug-likeness (QED) is 0.505. The summed E-state index contributed by atoms with van der Waals surface area (Å²) in [4.78, 5) is 14.8. The van der Waals surface area contributed by atoms with Crippen LogP contribution in [0.2, 0.25) is 0 Å². The average molecular weight is 398 g/mol. The van der Waals surface area contributed by atoms with E-state index in [1.165, 1.54) is 0 Å². The molecule has 29 heavy (non-hydrogen) atoms. The molecule has 0 radical (unpaired) electrons. The molecule has 0 aliphatic carbocycles. The highest BCUT2D eigenvalue weighted by atomic mass is 16.5. The normalized spacial score (nSPS) is 11.2. The van der Waals surface area contributed by atoms with Crippen LogP contribution in [0.1, 0.15) is 58.1 Å². The van der Waals surface area contributed by atoms with Gasteiger partial charge in [-0.3, -0.25) is 4.79 Å². The molecule has 0 atom stereocenters. The molecule has 0 heterocycles. The van der Waals surface area contributed by atoms with Crippen LogP contribution in [-0.4, -0.2) is 24.5 Å². The van der Waals surface area contributed by atoms with Gasteiger partial charge in [-0.25, -0.2) is 0 Å². The van der Waals surface area contributed by atoms with Gasteiger partial charge in [-0.2, -0.15) is 0 Å². The Labute approximate surface area is 175 Å². The Morgan fingerprint density at radius 3 is 2.34 bits per heavy atom. The highest BCUT2D eigenvalue weighted by molar-refractivity contribution is 5.76. The van der Waals surface area contributed by atoms with Gasteiger partial charge in [0.1, 0.15) is 6.61 Å². The van der Waals surface area contributed by atoms with Gasteiger partial charge in [0, 0.05) is 19.5 Å². The second-order valence-electron chi connectivity index (χ2n) is 8.67. The van der Waals surface area contributed by atoms with Gasteiger partial charge < -0.3 is 14.4 Å². The van der Waals surface area contributed by atoms with Crippen molar-refractivity contribution in [3.63, 3.8) is 0 Å². The number of hydrogen-bond donors (Lipinski definition) is 0. The molecule has 0 spiro atoms. The molecule has 4 heteroatoms. The number of amides is 1. The molecular weight excluding hydrogens is 362 g/mol. The topological polar surface area (TPSA) is 38.8 Å². The van der Waals surface area contributed by atoms with Gasteiger partial charge in [-0.15, -0.1) is 0 Å². The number of ether oxygens (including phenoxy) is 2. The van der Waals surface area contributed by atoms with E-state index in [-0.39, 0.29) is 11.3 Å². The van der Waals surface area contributed by atoms with Crippen molar-refractivity contribution >= 4 is 5.91 Å². The number of rotatable bonds is 10. The number of carbonyl (C=O) groups is 1. The van der Waals surface area contributed by atoms with E-state index in [0.29, 0.717) is 31.1 Å². The Bertz CT molecular complexity index is 765. The standard InChI is InChI=1S/C25H35NO3/c1-6-7-15-26(24(27)17-25(2,3)4)18-21-13-14-22(23(16-21)28-5)29-19-20-11-9-8-10-12-20/h8-14,16H,6-7,15,17-19H2,1-5H3. The predicted molar refractivity (Wildman–Crippen MR) is 118 cm³/mol. The SMILES string of the molecule is CCCCN(Cc1ccc(OCc2ccccc2)c(OC)c1)C(=O)CC(C)(C)C. The molecule has 0 aliphatic heterocycles. The highest BCUT2D eigenvalue weighted by Crippen LogP contribution is 2.30. The maximum Gasteiger partial charge on any atom is 0.223 e. The Morgan fingerprint density at radius 2 is 1.72 bits per heavy atom. The van der Waals surface area contributed by atoms with Crippen LogP contribution in [0.25, 0.3) is 0 Å². The fraction of sp³-hybridized carbons (Fsp3) is 0.480. The van der Waals surface area contributed by atoms with Crippen LogP contribution in [0.15, 0.2) is 48.5 Å². The zero-order chi connectivity index (χ0) is 21.3. The number of hydrogen-bond acceptors (Lipinski definition) is 3. The van der Waals surface area contributed by atoms with Gasteiger partial charge in [0.25, 0.3) is 0 Å². The molecule has 4 nitrogen and oxygen atoms in total. The van der Waals surface area contributed by atoms with Crippen LogP contribution in [0, 0.1) is 5.41 Å². The van der Waals surface area contributed by atoms with E-state index < -0.39 is 0 Å². The first kappa shape index (κ1) is 22.8. The van der Waals surface area contributed by atoms with E-state index in [0.717, 1.165) is 30.5 Å². The zero-order valence-electron chi connectivity index (χ0n) is 18.5. The van der Waals surface area contributed by atoms with Gasteiger partial charge in [-0.05, 0) is 35.1 Å². The summed E-state index contributed by atoms with van der Waals surface area (Å²) >= 11 is 0. The van der Waals surface area contributed by atoms with E-state index in [4.69, 9.17) is 9.47 Å². The van der Waals surface area contributed by atoms with Crippen molar-refractivity contribution < 1.29 is 14.3 Å². The van der Waals surface area contributed by atoms with Gasteiger partial charge in [0.2, 0.25) is 5.91 Å². The average Bonchev–Trinajstić information content (AvgIpc) is 2.69. The third-order valence-electron chi connectivity index (χ3n) is 4.65. The van der Waals surface area contributed by atoms with Gasteiger partial charge in [0.05, 0.1) is 7.11 Å². The van der Waals surface area contributed by atoms with Crippen LogP contribution in [0.3, 0.4) is 0 Å². The maximum absolute atomic E-state index is 12.8. The lowest BCUT2D eigenvalue weighted by Crippen LogP contribution is -2.34. The molecule has 0 saturated heterocycles. The molecule has 0 saturated carbocycles. The molecule has 1 amide bonds. The Kier molecular flexibility index (Phi) is 8.56. The minimum Gasteiger partial charge on any atom is -0.493 e. The number of methoxy groups -OCH3 is 1. The van der Waals surface area contributed by atoms with E-state index >= 15 is 0 Å². The molecule has 2 aromatic rings. The molecule has 0 unspecified atom stereocenters. The third-order valence-corrected chi connectivity index (χ3v) is 4.65. The summed E-state index contributed by atoms with van der Waals surface area (Å²) < 4.78 is 11.5. The van der Waals surface area contributed by atoms with Crippen molar-refractivity contribution in [2.75, 3.05) is 13.7 Å². The van der Waals surface area contributed by atoms with E-state index in [1.807, 2.05) is 53.4 Å². The fourth-order valence-corrected chi connectivity index (χ4v) is 3.09. The Balaban J connectivity index is 2.10. The largest absolute Gasteiger partial charge is 0.493 e. The molecular formula is C25H35NO3. The monoisotopic (exact) mass is 397 g/mol. The van der Waals surface area contributed by atoms with Gasteiger partial charge >= 0.3 is 0 Å². The van der Waals surface area contributed by atoms with Crippen LogP contribution in [0.4, 0.5) is 0 Å². The lowest BCUT2D eigenvalue weighted by Gasteiger charge is -2.27. The molecule has 0 aromatic heterocycles. The number of carbonyl (C=O) groups excluding carboxylic acids is 1. The van der Waals surface area contributed by atoms with Crippen molar-refractivity contribution in [2.24, 2.45) is 5.41 Å². The van der Waals surface area contributed by atoms with E-state index in [1.54, 1.807) is 7.11 Å². The summed E-state index contributed by atoms with van der Waals surface area (Å²) in [6, 6.07) is 16.0. The molecule has 2 rings (SSSR count). The smallest absolute Gasteiger partial charge is 0.223 e. The molecule has 0 N–H and O–H groups in total. The van der Waals surface area contributed by atoms with Crippen molar-refractivity contribution in [2.45, 2.75) is 60.1 Å². The molecule has 2 aromatic carbocycles. The third kappa shape index (κ3) is 7.80. The lowest BCUT2D eigenvalue weighted by molar-refractivity contribution is -0.133. The summed E-state index contributed by atoms with van der Waals surface area (Å²) in [5.41, 5.74) is 2.14. The second kappa shape index (κ2) is 10.9. The molecule has 0 fully saturated rings. The zero-order valence-corrected chi connectivity index (χ0v) is 18.5. The molecule has 158 valence electrons. The van der Waals surface area contributed by atoms with E-state index in [9.17, 15) is 4.79 Å². The summed E-state index contributed by atoms with van der Waals surface area (Å²) in [5.74, 6) is 1.60. The second-order valence-corrected chi connectivity index (χ2v) is 8.67. The Hall–Kier alpha value is -2.49. The first-order valence-corrected chi connectivity index (χ1v) is 10.4. The lowest BCUT2D eigenvalue weighted by atomic mass is 9.91. The van der Waals surface area contributed by atoms with Crippen LogP contribution in [-0.2, 0) is 17.9 Å². The van der Waals surface area contributed by atoms with E-state index in [2.05, 4.69) is 27.7 Å². The highest BCUT2D eigenvalue weighted by Gasteiger charge is 2.21.